The Balaban J connectivity index is 1.57. The number of aliphatic hydroxyl groups is 1. The Morgan fingerprint density at radius 2 is 1.86 bits per heavy atom. The molecule has 42 heavy (non-hydrogen) atoms. The highest BCUT2D eigenvalue weighted by molar-refractivity contribution is 6.36. The van der Waals surface area contributed by atoms with Crippen molar-refractivity contribution in [3.8, 4) is 5.88 Å². The minimum Gasteiger partial charge on any atom is -0.471 e. The Hall–Kier alpha value is -3.23. The number of nitrogens with zero attached hydrogens (tertiary/aromatic N) is 2. The number of nitrogens with one attached hydrogen (secondary N) is 3. The number of hydrogen-bond acceptors (Lipinski definition) is 6. The first kappa shape index (κ1) is 31.7. The van der Waals surface area contributed by atoms with Gasteiger partial charge in [0.05, 0.1) is 16.5 Å². The molecular weight excluding hydrogens is 612 g/mol. The smallest absolute Gasteiger partial charge is 0.391 e. The van der Waals surface area contributed by atoms with Gasteiger partial charge in [-0.15, -0.1) is 0 Å². The Morgan fingerprint density at radius 1 is 1.14 bits per heavy atom. The number of aromatic amines is 1. The number of halogens is 7. The average Bonchev–Trinajstić information content (AvgIpc) is 3.34. The van der Waals surface area contributed by atoms with E-state index in [0.717, 1.165) is 0 Å². The van der Waals surface area contributed by atoms with Crippen LogP contribution in [0.4, 0.5) is 22.0 Å². The lowest BCUT2D eigenvalue weighted by molar-refractivity contribution is -0.182. The minimum atomic E-state index is -4.30. The van der Waals surface area contributed by atoms with Gasteiger partial charge in [0.15, 0.2) is 12.3 Å². The predicted molar refractivity (Wildman–Crippen MR) is 143 cm³/mol. The molecule has 0 spiro atoms. The van der Waals surface area contributed by atoms with E-state index in [1.807, 2.05) is 0 Å². The van der Waals surface area contributed by atoms with Crippen LogP contribution >= 0.6 is 23.2 Å². The molecule has 3 aromatic rings. The van der Waals surface area contributed by atoms with E-state index in [4.69, 9.17) is 33.0 Å². The molecule has 1 saturated carbocycles. The van der Waals surface area contributed by atoms with E-state index in [-0.39, 0.29) is 60.4 Å². The van der Waals surface area contributed by atoms with E-state index in [0.29, 0.717) is 22.0 Å². The van der Waals surface area contributed by atoms with Crippen LogP contribution in [0, 0.1) is 5.92 Å². The Bertz CT molecular complexity index is 1440. The van der Waals surface area contributed by atoms with Crippen molar-refractivity contribution >= 4 is 46.2 Å². The van der Waals surface area contributed by atoms with Crippen molar-refractivity contribution in [2.24, 2.45) is 5.92 Å². The maximum absolute atomic E-state index is 13.1. The number of carbonyl (C=O) groups is 2. The summed E-state index contributed by atoms with van der Waals surface area (Å²) in [6.45, 7) is -1.70. The van der Waals surface area contributed by atoms with Crippen molar-refractivity contribution in [1.82, 2.24) is 25.6 Å². The van der Waals surface area contributed by atoms with Crippen LogP contribution in [0.2, 0.25) is 10.0 Å². The maximum atomic E-state index is 13.1. The Labute approximate surface area is 246 Å². The highest BCUT2D eigenvalue weighted by atomic mass is 35.5. The van der Waals surface area contributed by atoms with E-state index in [2.05, 4.69) is 25.6 Å². The number of imidazole rings is 1. The van der Waals surface area contributed by atoms with E-state index in [9.17, 15) is 31.5 Å². The summed E-state index contributed by atoms with van der Waals surface area (Å²) < 4.78 is 70.0. The summed E-state index contributed by atoms with van der Waals surface area (Å²) in [6.07, 6.45) is -7.15. The van der Waals surface area contributed by atoms with E-state index in [1.165, 1.54) is 6.07 Å². The van der Waals surface area contributed by atoms with Crippen molar-refractivity contribution in [3.05, 3.63) is 50.8 Å². The van der Waals surface area contributed by atoms with Gasteiger partial charge in [-0.2, -0.15) is 18.2 Å². The second-order valence-electron chi connectivity index (χ2n) is 9.77. The van der Waals surface area contributed by atoms with Crippen molar-refractivity contribution in [2.75, 3.05) is 13.2 Å². The van der Waals surface area contributed by atoms with E-state index in [1.54, 1.807) is 12.1 Å². The fourth-order valence-corrected chi connectivity index (χ4v) is 5.24. The summed E-state index contributed by atoms with van der Waals surface area (Å²) in [4.78, 5) is 36.0. The molecular formula is C26H26Cl2F5N5O4. The van der Waals surface area contributed by atoms with Crippen LogP contribution in [-0.4, -0.2) is 63.7 Å². The highest BCUT2D eigenvalue weighted by Crippen LogP contribution is 2.38. The quantitative estimate of drug-likeness (QED) is 0.233. The molecule has 9 nitrogen and oxygen atoms in total. The van der Waals surface area contributed by atoms with Gasteiger partial charge in [0.1, 0.15) is 18.0 Å². The molecule has 4 N–H and O–H groups in total. The SMILES string of the molecule is O=C(CO)NCc1ccc(Cl)c(Cc2nc3nc(OCC(F)F)c(C(=O)NC4CCC(C(F)(F)F)CC4)cc3[nH]2)c1Cl. The van der Waals surface area contributed by atoms with E-state index < -0.39 is 55.5 Å². The summed E-state index contributed by atoms with van der Waals surface area (Å²) in [7, 11) is 0. The molecule has 4 rings (SSSR count). The van der Waals surface area contributed by atoms with Crippen LogP contribution in [0.5, 0.6) is 5.88 Å². The Morgan fingerprint density at radius 3 is 2.50 bits per heavy atom. The largest absolute Gasteiger partial charge is 0.471 e. The third-order valence-corrected chi connectivity index (χ3v) is 7.66. The van der Waals surface area contributed by atoms with Gasteiger partial charge in [-0.05, 0) is 48.9 Å². The topological polar surface area (TPSA) is 129 Å². The molecule has 1 aliphatic carbocycles. The van der Waals surface area contributed by atoms with Gasteiger partial charge in [0.2, 0.25) is 11.8 Å². The highest BCUT2D eigenvalue weighted by Gasteiger charge is 2.41. The number of H-pyrrole nitrogens is 1. The molecule has 2 amide bonds. The molecule has 1 aliphatic rings. The van der Waals surface area contributed by atoms with Crippen LogP contribution in [0.1, 0.15) is 53.0 Å². The number of rotatable bonds is 10. The summed E-state index contributed by atoms with van der Waals surface area (Å²) in [5.41, 5.74) is 1.11. The third kappa shape index (κ3) is 7.78. The molecule has 2 heterocycles. The van der Waals surface area contributed by atoms with Gasteiger partial charge in [0.25, 0.3) is 12.3 Å². The fraction of sp³-hybridized carbons (Fsp3) is 0.462. The van der Waals surface area contributed by atoms with Gasteiger partial charge in [-0.1, -0.05) is 29.3 Å². The number of aromatic nitrogens is 3. The van der Waals surface area contributed by atoms with Crippen LogP contribution < -0.4 is 15.4 Å². The van der Waals surface area contributed by atoms with Crippen molar-refractivity contribution in [2.45, 2.75) is 57.3 Å². The number of carbonyl (C=O) groups excluding carboxylic acids is 2. The number of benzene rings is 1. The summed E-state index contributed by atoms with van der Waals surface area (Å²) in [6, 6.07) is 3.97. The number of ether oxygens (including phenoxy) is 1. The van der Waals surface area contributed by atoms with Gasteiger partial charge in [-0.25, -0.2) is 13.8 Å². The molecule has 0 saturated heterocycles. The first-order valence-electron chi connectivity index (χ1n) is 12.9. The van der Waals surface area contributed by atoms with Crippen LogP contribution in [0.25, 0.3) is 11.2 Å². The molecule has 16 heteroatoms. The zero-order chi connectivity index (χ0) is 30.6. The normalized spacial score (nSPS) is 17.5. The first-order valence-corrected chi connectivity index (χ1v) is 13.6. The minimum absolute atomic E-state index is 0.0330. The second kappa shape index (κ2) is 13.4. The lowest BCUT2D eigenvalue weighted by atomic mass is 9.85. The van der Waals surface area contributed by atoms with Crippen molar-refractivity contribution < 1.29 is 41.4 Å². The molecule has 1 fully saturated rings. The standard InChI is InChI=1S/C26H26Cl2F5N5O4/c27-17-6-1-12(9-34-21(40)10-39)22(28)15(17)8-20-36-18-7-16(25(38-23(18)37-20)42-11-19(29)30)24(41)35-14-4-2-13(3-5-14)26(31,32)33/h1,6-7,13-14,19,39H,2-5,8-11H2,(H,34,40)(H,35,41)(H,36,37,38). The number of amides is 2. The predicted octanol–water partition coefficient (Wildman–Crippen LogP) is 4.96. The first-order chi connectivity index (χ1) is 19.8. The number of hydrogen-bond donors (Lipinski definition) is 4. The number of alkyl halides is 5. The lowest BCUT2D eigenvalue weighted by Crippen LogP contribution is -2.40. The van der Waals surface area contributed by atoms with Crippen LogP contribution in [-0.2, 0) is 17.8 Å². The molecule has 0 unspecified atom stereocenters. The number of aliphatic hydroxyl groups excluding tert-OH is 1. The van der Waals surface area contributed by atoms with Gasteiger partial charge in [0, 0.05) is 24.0 Å². The lowest BCUT2D eigenvalue weighted by Gasteiger charge is -2.30. The zero-order valence-electron chi connectivity index (χ0n) is 21.8. The van der Waals surface area contributed by atoms with Crippen LogP contribution in [0.3, 0.4) is 0 Å². The van der Waals surface area contributed by atoms with Gasteiger partial charge >= 0.3 is 6.18 Å². The molecule has 0 radical (unpaired) electrons. The molecule has 0 atom stereocenters. The number of pyridine rings is 1. The monoisotopic (exact) mass is 637 g/mol. The van der Waals surface area contributed by atoms with Gasteiger partial charge < -0.3 is 25.5 Å². The van der Waals surface area contributed by atoms with Crippen molar-refractivity contribution in [1.29, 1.82) is 0 Å². The van der Waals surface area contributed by atoms with Crippen molar-refractivity contribution in [3.63, 3.8) is 0 Å². The molecule has 0 bridgehead atoms. The van der Waals surface area contributed by atoms with E-state index >= 15 is 0 Å². The summed E-state index contributed by atoms with van der Waals surface area (Å²) >= 11 is 12.9. The zero-order valence-corrected chi connectivity index (χ0v) is 23.3. The molecule has 228 valence electrons. The fourth-order valence-electron chi connectivity index (χ4n) is 4.66. The maximum Gasteiger partial charge on any atom is 0.391 e. The Kier molecular flexibility index (Phi) is 10.1. The molecule has 1 aromatic carbocycles. The third-order valence-electron chi connectivity index (χ3n) is 6.83. The summed E-state index contributed by atoms with van der Waals surface area (Å²) in [5, 5.41) is 14.6. The van der Waals surface area contributed by atoms with Crippen LogP contribution in [0.15, 0.2) is 18.2 Å². The second-order valence-corrected chi connectivity index (χ2v) is 10.6. The summed E-state index contributed by atoms with van der Waals surface area (Å²) in [5.74, 6) is -2.85. The number of fused-ring (bicyclic) bond motifs is 1. The molecule has 2 aromatic heterocycles. The van der Waals surface area contributed by atoms with Gasteiger partial charge in [-0.3, -0.25) is 9.59 Å². The average molecular weight is 638 g/mol. The molecule has 0 aliphatic heterocycles.